The number of carbonyl (C=O) groups is 1. The highest BCUT2D eigenvalue weighted by Gasteiger charge is 2.40. The van der Waals surface area contributed by atoms with Gasteiger partial charge in [-0.05, 0) is 50.6 Å². The quantitative estimate of drug-likeness (QED) is 0.174. The molecule has 10 nitrogen and oxygen atoms in total. The lowest BCUT2D eigenvalue weighted by Crippen LogP contribution is -2.43. The number of fused-ring (bicyclic) bond motifs is 2. The van der Waals surface area contributed by atoms with E-state index in [1.54, 1.807) is 30.9 Å². The van der Waals surface area contributed by atoms with Crippen molar-refractivity contribution in [3.8, 4) is 23.2 Å². The van der Waals surface area contributed by atoms with Crippen molar-refractivity contribution >= 4 is 49.1 Å². The van der Waals surface area contributed by atoms with E-state index in [1.807, 2.05) is 18.0 Å². The average molecular weight is 716 g/mol. The minimum absolute atomic E-state index is 0.0318. The number of rotatable bonds is 8. The number of nitrogens with zero attached hydrogens (tertiary/aromatic N) is 6. The van der Waals surface area contributed by atoms with Crippen LogP contribution in [0.25, 0.3) is 32.1 Å². The molecule has 1 unspecified atom stereocenters. The van der Waals surface area contributed by atoms with Gasteiger partial charge in [-0.3, -0.25) is 9.69 Å². The number of hydrogen-bond acceptors (Lipinski definition) is 10. The number of amides is 1. The van der Waals surface area contributed by atoms with Crippen LogP contribution in [0.4, 0.5) is 32.8 Å². The van der Waals surface area contributed by atoms with Crippen LogP contribution < -0.4 is 15.4 Å². The number of halogens is 5. The molecule has 2 N–H and O–H groups in total. The monoisotopic (exact) mass is 715 g/mol. The highest BCUT2D eigenvalue weighted by molar-refractivity contribution is 7.23. The number of nitrogens with two attached hydrogens (primary N) is 1. The number of likely N-dealkylation sites (N-methyl/N-ethyl adjacent to an activating group) is 2. The number of nitriles is 1. The molecule has 2 saturated heterocycles. The summed E-state index contributed by atoms with van der Waals surface area (Å²) in [4.78, 5) is 26.6. The Bertz CT molecular complexity index is 2050. The first-order valence-corrected chi connectivity index (χ1v) is 16.6. The van der Waals surface area contributed by atoms with Crippen molar-refractivity contribution in [3.05, 3.63) is 53.6 Å². The summed E-state index contributed by atoms with van der Waals surface area (Å²) in [6.45, 7) is 6.45. The van der Waals surface area contributed by atoms with E-state index in [9.17, 15) is 27.6 Å². The van der Waals surface area contributed by atoms with Gasteiger partial charge in [0, 0.05) is 55.7 Å². The number of carbonyl (C=O) groups excluding carboxylic acids is 1. The Labute approximate surface area is 288 Å². The lowest BCUT2D eigenvalue weighted by atomic mass is 9.92. The van der Waals surface area contributed by atoms with E-state index < -0.39 is 46.5 Å². The first kappa shape index (κ1) is 35.2. The molecule has 1 amide bonds. The average Bonchev–Trinajstić information content (AvgIpc) is 3.76. The third-order valence-corrected chi connectivity index (χ3v) is 10.8. The van der Waals surface area contributed by atoms with E-state index in [0.717, 1.165) is 18.2 Å². The molecule has 2 fully saturated rings. The van der Waals surface area contributed by atoms with Gasteiger partial charge >= 0.3 is 12.2 Å². The van der Waals surface area contributed by atoms with E-state index in [-0.39, 0.29) is 68.1 Å². The topological polar surface area (TPSA) is 121 Å². The molecular formula is C34H34F5N7O3S. The molecule has 4 atom stereocenters. The van der Waals surface area contributed by atoms with Gasteiger partial charge in [0.1, 0.15) is 34.8 Å². The van der Waals surface area contributed by atoms with Crippen molar-refractivity contribution in [3.63, 3.8) is 0 Å². The molecule has 2 aliphatic rings. The number of likely N-dealkylation sites (tertiary alicyclic amines) is 2. The Morgan fingerprint density at radius 3 is 2.68 bits per heavy atom. The van der Waals surface area contributed by atoms with Crippen LogP contribution in [0.1, 0.15) is 30.9 Å². The van der Waals surface area contributed by atoms with Gasteiger partial charge in [0.2, 0.25) is 5.91 Å². The lowest BCUT2D eigenvalue weighted by Gasteiger charge is -2.32. The molecule has 16 heteroatoms. The summed E-state index contributed by atoms with van der Waals surface area (Å²) in [5, 5.41) is 9.22. The van der Waals surface area contributed by atoms with Gasteiger partial charge in [-0.1, -0.05) is 12.6 Å². The van der Waals surface area contributed by atoms with Crippen LogP contribution in [0.2, 0.25) is 0 Å². The molecule has 2 aromatic carbocycles. The number of aromatic nitrogens is 2. The molecule has 0 radical (unpaired) electrons. The van der Waals surface area contributed by atoms with Crippen LogP contribution in [0.5, 0.6) is 6.01 Å². The van der Waals surface area contributed by atoms with Crippen molar-refractivity contribution in [2.24, 2.45) is 0 Å². The summed E-state index contributed by atoms with van der Waals surface area (Å²) in [5.74, 6) is -2.52. The zero-order chi connectivity index (χ0) is 36.2. The molecule has 50 heavy (non-hydrogen) atoms. The summed E-state index contributed by atoms with van der Waals surface area (Å²) in [7, 11) is 5.11. The summed E-state index contributed by atoms with van der Waals surface area (Å²) in [5.41, 5.74) is 2.56. The van der Waals surface area contributed by atoms with Crippen molar-refractivity contribution in [2.45, 2.75) is 50.2 Å². The molecule has 0 aliphatic carbocycles. The molecule has 4 heterocycles. The second-order valence-corrected chi connectivity index (χ2v) is 13.6. The zero-order valence-corrected chi connectivity index (χ0v) is 28.5. The number of thiophene rings is 1. The smallest absolute Gasteiger partial charge is 0.417 e. The van der Waals surface area contributed by atoms with Crippen LogP contribution in [-0.2, 0) is 15.7 Å². The standard InChI is InChI=1S/C34H34F5N7O3S/c1-6-25(47)46-10-9-24(16(46)2)45(4)32-20-12-22(34(37,38)39)27(19-7-8-23(35)30-26(19)21(13-40)31(41)50-30)28(36)29(20)42-33(43-32)49-15-17-11-18(48-5)14-44(17)3/h6-8,12,16-18,24H,1,9-11,14-15,41H2,2-5H3/t16-,17?,18-,24-/m1/s1. The number of nitrogen functional groups attached to an aromatic ring is 1. The van der Waals surface area contributed by atoms with Crippen LogP contribution in [-0.4, -0.2) is 90.8 Å². The number of anilines is 2. The van der Waals surface area contributed by atoms with Crippen LogP contribution >= 0.6 is 11.3 Å². The summed E-state index contributed by atoms with van der Waals surface area (Å²) in [6, 6.07) is 3.30. The van der Waals surface area contributed by atoms with Gasteiger partial charge in [0.05, 0.1) is 28.0 Å². The SMILES string of the molecule is C=CC(=O)N1CC[C@@H](N(C)c2nc(OCC3C[C@@H](OC)CN3C)nc3c(F)c(-c4ccc(F)c5sc(N)c(C#N)c45)c(C(F)(F)F)cc23)[C@H]1C. The molecule has 0 saturated carbocycles. The second-order valence-electron chi connectivity index (χ2n) is 12.5. The summed E-state index contributed by atoms with van der Waals surface area (Å²) < 4.78 is 88.2. The molecule has 2 aromatic heterocycles. The first-order chi connectivity index (χ1) is 23.7. The molecule has 264 valence electrons. The summed E-state index contributed by atoms with van der Waals surface area (Å²) in [6.07, 6.45) is -2.86. The van der Waals surface area contributed by atoms with Crippen molar-refractivity contribution in [1.82, 2.24) is 19.8 Å². The van der Waals surface area contributed by atoms with Crippen LogP contribution in [0.15, 0.2) is 30.9 Å². The number of methoxy groups -OCH3 is 1. The number of ether oxygens (including phenoxy) is 2. The maximum Gasteiger partial charge on any atom is 0.417 e. The first-order valence-electron chi connectivity index (χ1n) is 15.7. The number of alkyl halides is 3. The van der Waals surface area contributed by atoms with Gasteiger partial charge in [0.25, 0.3) is 0 Å². The molecular weight excluding hydrogens is 681 g/mol. The largest absolute Gasteiger partial charge is 0.462 e. The number of hydrogen-bond donors (Lipinski definition) is 1. The Kier molecular flexibility index (Phi) is 9.35. The predicted octanol–water partition coefficient (Wildman–Crippen LogP) is 5.97. The third-order valence-electron chi connectivity index (χ3n) is 9.79. The third kappa shape index (κ3) is 5.96. The van der Waals surface area contributed by atoms with Gasteiger partial charge < -0.3 is 25.0 Å². The Hall–Kier alpha value is -4.59. The second kappa shape index (κ2) is 13.3. The Morgan fingerprint density at radius 1 is 1.30 bits per heavy atom. The predicted molar refractivity (Wildman–Crippen MR) is 180 cm³/mol. The lowest BCUT2D eigenvalue weighted by molar-refractivity contribution is -0.137. The van der Waals surface area contributed by atoms with E-state index in [0.29, 0.717) is 37.3 Å². The Morgan fingerprint density at radius 2 is 2.04 bits per heavy atom. The normalized spacial score (nSPS) is 21.2. The minimum atomic E-state index is -5.11. The fourth-order valence-electron chi connectivity index (χ4n) is 7.11. The van der Waals surface area contributed by atoms with Gasteiger partial charge in [-0.2, -0.15) is 28.4 Å². The van der Waals surface area contributed by atoms with Crippen molar-refractivity contribution in [1.29, 1.82) is 5.26 Å². The van der Waals surface area contributed by atoms with E-state index in [1.165, 1.54) is 6.08 Å². The summed E-state index contributed by atoms with van der Waals surface area (Å²) >= 11 is 0.686. The molecule has 0 bridgehead atoms. The fourth-order valence-corrected chi connectivity index (χ4v) is 8.06. The van der Waals surface area contributed by atoms with Crippen LogP contribution in [0, 0.1) is 23.0 Å². The molecule has 2 aliphatic heterocycles. The van der Waals surface area contributed by atoms with E-state index in [2.05, 4.69) is 16.5 Å². The van der Waals surface area contributed by atoms with Gasteiger partial charge in [-0.25, -0.2) is 8.78 Å². The highest BCUT2D eigenvalue weighted by Crippen LogP contribution is 2.48. The molecule has 4 aromatic rings. The zero-order valence-electron chi connectivity index (χ0n) is 27.6. The van der Waals surface area contributed by atoms with E-state index >= 15 is 4.39 Å². The van der Waals surface area contributed by atoms with Gasteiger partial charge in [0.15, 0.2) is 5.82 Å². The highest BCUT2D eigenvalue weighted by atomic mass is 32.1. The number of benzene rings is 2. The van der Waals surface area contributed by atoms with Crippen molar-refractivity contribution in [2.75, 3.05) is 51.5 Å². The fraction of sp³-hybridized carbons (Fsp3) is 0.412. The maximum absolute atomic E-state index is 17.1. The minimum Gasteiger partial charge on any atom is -0.462 e. The van der Waals surface area contributed by atoms with Crippen LogP contribution in [0.3, 0.4) is 0 Å². The van der Waals surface area contributed by atoms with Crippen molar-refractivity contribution < 1.29 is 36.2 Å². The molecule has 6 rings (SSSR count). The Balaban J connectivity index is 1.58. The van der Waals surface area contributed by atoms with E-state index in [4.69, 9.17) is 15.2 Å². The molecule has 0 spiro atoms. The van der Waals surface area contributed by atoms with Gasteiger partial charge in [-0.15, -0.1) is 11.3 Å². The maximum atomic E-state index is 17.1.